The summed E-state index contributed by atoms with van der Waals surface area (Å²) in [6, 6.07) is 5.00. The van der Waals surface area contributed by atoms with Crippen LogP contribution >= 0.6 is 0 Å². The number of nitrogens with two attached hydrogens (primary N) is 1. The van der Waals surface area contributed by atoms with E-state index in [2.05, 4.69) is 11.8 Å². The Bertz CT molecular complexity index is 642. The Morgan fingerprint density at radius 1 is 1.38 bits per heavy atom. The summed E-state index contributed by atoms with van der Waals surface area (Å²) in [5, 5.41) is 0. The molecule has 0 saturated heterocycles. The molecule has 0 fully saturated rings. The summed E-state index contributed by atoms with van der Waals surface area (Å²) in [4.78, 5) is 0.309. The van der Waals surface area contributed by atoms with Crippen molar-refractivity contribution in [1.29, 1.82) is 0 Å². The maximum absolute atomic E-state index is 12.6. The first kappa shape index (κ1) is 17.7. The third-order valence-electron chi connectivity index (χ3n) is 3.53. The van der Waals surface area contributed by atoms with Gasteiger partial charge in [0.15, 0.2) is 0 Å². The second-order valence-electron chi connectivity index (χ2n) is 5.14. The van der Waals surface area contributed by atoms with Gasteiger partial charge in [-0.25, -0.2) is 8.42 Å². The average Bonchev–Trinajstić information content (AvgIpc) is 2.45. The van der Waals surface area contributed by atoms with Crippen LogP contribution in [0.4, 0.5) is 0 Å². The van der Waals surface area contributed by atoms with Gasteiger partial charge >= 0.3 is 0 Å². The van der Waals surface area contributed by atoms with E-state index in [4.69, 9.17) is 5.73 Å². The van der Waals surface area contributed by atoms with Crippen molar-refractivity contribution in [1.82, 2.24) is 4.31 Å². The van der Waals surface area contributed by atoms with Gasteiger partial charge in [0.25, 0.3) is 0 Å². The summed E-state index contributed by atoms with van der Waals surface area (Å²) in [5.41, 5.74) is 7.00. The van der Waals surface area contributed by atoms with E-state index in [9.17, 15) is 8.42 Å². The molecule has 0 spiro atoms. The van der Waals surface area contributed by atoms with Gasteiger partial charge in [0.1, 0.15) is 0 Å². The molecule has 5 heteroatoms. The first-order valence-corrected chi connectivity index (χ1v) is 8.56. The fraction of sp³-hybridized carbons (Fsp3) is 0.500. The second-order valence-corrected chi connectivity index (χ2v) is 7.14. The minimum Gasteiger partial charge on any atom is -0.320 e. The highest BCUT2D eigenvalue weighted by Gasteiger charge is 2.25. The first-order chi connectivity index (χ1) is 9.84. The van der Waals surface area contributed by atoms with Crippen LogP contribution in [-0.2, 0) is 10.0 Å². The van der Waals surface area contributed by atoms with Crippen molar-refractivity contribution in [2.45, 2.75) is 44.6 Å². The number of hydrogen-bond acceptors (Lipinski definition) is 3. The molecule has 0 aliphatic heterocycles. The lowest BCUT2D eigenvalue weighted by molar-refractivity contribution is 0.368. The molecular formula is C16H24N2O2S. The van der Waals surface area contributed by atoms with E-state index in [1.54, 1.807) is 25.2 Å². The fourth-order valence-electron chi connectivity index (χ4n) is 2.09. The van der Waals surface area contributed by atoms with Gasteiger partial charge in [0.2, 0.25) is 10.0 Å². The molecule has 1 rings (SSSR count). The number of benzene rings is 1. The Kier molecular flexibility index (Phi) is 6.41. The standard InChI is InChI=1S/C16H24N2O2S/c1-5-7-14(3)18(4)21(19,20)16-10-9-15(8-6-11-17)13(2)12-16/h9-10,12,14H,5,7,11,17H2,1-4H3. The SMILES string of the molecule is CCCC(C)N(C)S(=O)(=O)c1ccc(C#CCN)c(C)c1. The van der Waals surface area contributed by atoms with Crippen LogP contribution in [0, 0.1) is 18.8 Å². The Hall–Kier alpha value is -1.35. The van der Waals surface area contributed by atoms with Gasteiger partial charge in [-0.2, -0.15) is 4.31 Å². The van der Waals surface area contributed by atoms with E-state index in [1.807, 2.05) is 20.8 Å². The summed E-state index contributed by atoms with van der Waals surface area (Å²) in [6.07, 6.45) is 1.79. The van der Waals surface area contributed by atoms with Crippen molar-refractivity contribution in [2.24, 2.45) is 5.73 Å². The molecule has 21 heavy (non-hydrogen) atoms. The molecule has 0 radical (unpaired) electrons. The van der Waals surface area contributed by atoms with Gasteiger partial charge in [0, 0.05) is 18.7 Å². The third-order valence-corrected chi connectivity index (χ3v) is 5.49. The van der Waals surface area contributed by atoms with E-state index in [1.165, 1.54) is 4.31 Å². The van der Waals surface area contributed by atoms with Crippen LogP contribution in [0.25, 0.3) is 0 Å². The lowest BCUT2D eigenvalue weighted by Gasteiger charge is -2.24. The predicted octanol–water partition coefficient (Wildman–Crippen LogP) is 2.11. The highest BCUT2D eigenvalue weighted by atomic mass is 32.2. The second kappa shape index (κ2) is 7.60. The predicted molar refractivity (Wildman–Crippen MR) is 86.4 cm³/mol. The highest BCUT2D eigenvalue weighted by Crippen LogP contribution is 2.21. The summed E-state index contributed by atoms with van der Waals surface area (Å²) in [6.45, 7) is 6.12. The molecule has 0 heterocycles. The maximum atomic E-state index is 12.6. The molecule has 2 N–H and O–H groups in total. The molecule has 0 aliphatic carbocycles. The largest absolute Gasteiger partial charge is 0.320 e. The molecule has 0 saturated carbocycles. The van der Waals surface area contributed by atoms with Crippen LogP contribution in [-0.4, -0.2) is 32.4 Å². The average molecular weight is 308 g/mol. The van der Waals surface area contributed by atoms with Crippen LogP contribution in [0.1, 0.15) is 37.8 Å². The Morgan fingerprint density at radius 2 is 2.05 bits per heavy atom. The van der Waals surface area contributed by atoms with Gasteiger partial charge in [-0.3, -0.25) is 0 Å². The quantitative estimate of drug-likeness (QED) is 0.847. The molecule has 116 valence electrons. The first-order valence-electron chi connectivity index (χ1n) is 7.12. The van der Waals surface area contributed by atoms with Crippen LogP contribution in [0.5, 0.6) is 0 Å². The van der Waals surface area contributed by atoms with E-state index < -0.39 is 10.0 Å². The molecule has 4 nitrogen and oxygen atoms in total. The molecule has 0 bridgehead atoms. The number of rotatable bonds is 5. The van der Waals surface area contributed by atoms with Crippen LogP contribution in [0.2, 0.25) is 0 Å². The highest BCUT2D eigenvalue weighted by molar-refractivity contribution is 7.89. The number of hydrogen-bond donors (Lipinski definition) is 1. The van der Waals surface area contributed by atoms with Gasteiger partial charge in [-0.15, -0.1) is 0 Å². The van der Waals surface area contributed by atoms with Crippen molar-refractivity contribution in [3.05, 3.63) is 29.3 Å². The van der Waals surface area contributed by atoms with Crippen molar-refractivity contribution < 1.29 is 8.42 Å². The smallest absolute Gasteiger partial charge is 0.243 e. The van der Waals surface area contributed by atoms with E-state index in [0.29, 0.717) is 4.90 Å². The zero-order valence-corrected chi connectivity index (χ0v) is 14.0. The van der Waals surface area contributed by atoms with Crippen molar-refractivity contribution in [3.8, 4) is 11.8 Å². The van der Waals surface area contributed by atoms with E-state index in [0.717, 1.165) is 24.0 Å². The normalized spacial score (nSPS) is 12.9. The third kappa shape index (κ3) is 4.31. The van der Waals surface area contributed by atoms with Crippen LogP contribution in [0.15, 0.2) is 23.1 Å². The van der Waals surface area contributed by atoms with Gasteiger partial charge in [-0.05, 0) is 44.0 Å². The van der Waals surface area contributed by atoms with Crippen molar-refractivity contribution in [3.63, 3.8) is 0 Å². The zero-order valence-electron chi connectivity index (χ0n) is 13.2. The lowest BCUT2D eigenvalue weighted by Crippen LogP contribution is -2.35. The fourth-order valence-corrected chi connectivity index (χ4v) is 3.56. The summed E-state index contributed by atoms with van der Waals surface area (Å²) in [7, 11) is -1.83. The molecule has 1 aromatic rings. The minimum atomic E-state index is -3.46. The molecule has 1 atom stereocenters. The summed E-state index contributed by atoms with van der Waals surface area (Å²) in [5.74, 6) is 5.72. The van der Waals surface area contributed by atoms with E-state index >= 15 is 0 Å². The van der Waals surface area contributed by atoms with Crippen molar-refractivity contribution >= 4 is 10.0 Å². The van der Waals surface area contributed by atoms with Crippen LogP contribution in [0.3, 0.4) is 0 Å². The Morgan fingerprint density at radius 3 is 2.57 bits per heavy atom. The zero-order chi connectivity index (χ0) is 16.0. The topological polar surface area (TPSA) is 63.4 Å². The maximum Gasteiger partial charge on any atom is 0.243 e. The monoisotopic (exact) mass is 308 g/mol. The molecular weight excluding hydrogens is 284 g/mol. The van der Waals surface area contributed by atoms with Gasteiger partial charge in [-0.1, -0.05) is 25.2 Å². The summed E-state index contributed by atoms with van der Waals surface area (Å²) >= 11 is 0. The number of aryl methyl sites for hydroxylation is 1. The van der Waals surface area contributed by atoms with Crippen LogP contribution < -0.4 is 5.73 Å². The molecule has 0 amide bonds. The molecule has 0 aromatic heterocycles. The Labute approximate surface area is 128 Å². The van der Waals surface area contributed by atoms with E-state index in [-0.39, 0.29) is 12.6 Å². The number of sulfonamides is 1. The molecule has 1 aromatic carbocycles. The number of nitrogens with zero attached hydrogens (tertiary/aromatic N) is 1. The minimum absolute atomic E-state index is 0.0167. The Balaban J connectivity index is 3.12. The van der Waals surface area contributed by atoms with Crippen molar-refractivity contribution in [2.75, 3.05) is 13.6 Å². The van der Waals surface area contributed by atoms with Gasteiger partial charge < -0.3 is 5.73 Å². The molecule has 1 unspecified atom stereocenters. The molecule has 0 aliphatic rings. The van der Waals surface area contributed by atoms with Gasteiger partial charge in [0.05, 0.1) is 11.4 Å². The lowest BCUT2D eigenvalue weighted by atomic mass is 10.1. The summed E-state index contributed by atoms with van der Waals surface area (Å²) < 4.78 is 26.6.